The van der Waals surface area contributed by atoms with Crippen LogP contribution in [-0.4, -0.2) is 20.0 Å². The summed E-state index contributed by atoms with van der Waals surface area (Å²) in [4.78, 5) is 28.6. The number of aromatic nitrogens is 3. The van der Waals surface area contributed by atoms with Crippen molar-refractivity contribution in [1.82, 2.24) is 19.4 Å². The molecule has 1 atom stereocenters. The standard InChI is InChI=1S/C18H17FN4O2/c1-22-9-7-13(11-15(22)24)18(25)21-16(17-20-8-10-23(17)2)12-3-5-14(19)6-4-12/h3-11,16H,1-2H3,(H,21,25). The minimum Gasteiger partial charge on any atom is -0.338 e. The highest BCUT2D eigenvalue weighted by atomic mass is 19.1. The minimum atomic E-state index is -0.572. The Morgan fingerprint density at radius 3 is 2.44 bits per heavy atom. The Kier molecular flexibility index (Phi) is 4.47. The largest absolute Gasteiger partial charge is 0.338 e. The van der Waals surface area contributed by atoms with Gasteiger partial charge in [-0.15, -0.1) is 0 Å². The highest BCUT2D eigenvalue weighted by molar-refractivity contribution is 5.94. The number of imidazole rings is 1. The number of benzene rings is 1. The first kappa shape index (κ1) is 16.6. The molecule has 1 N–H and O–H groups in total. The normalized spacial score (nSPS) is 12.0. The molecule has 6 nitrogen and oxygen atoms in total. The molecule has 3 rings (SSSR count). The fraction of sp³-hybridized carbons (Fsp3) is 0.167. The number of nitrogens with zero attached hydrogens (tertiary/aromatic N) is 3. The number of hydrogen-bond acceptors (Lipinski definition) is 3. The number of nitrogens with one attached hydrogen (secondary N) is 1. The Morgan fingerprint density at radius 2 is 1.84 bits per heavy atom. The van der Waals surface area contributed by atoms with Crippen molar-refractivity contribution < 1.29 is 9.18 Å². The maximum Gasteiger partial charge on any atom is 0.252 e. The quantitative estimate of drug-likeness (QED) is 0.787. The summed E-state index contributed by atoms with van der Waals surface area (Å²) >= 11 is 0. The summed E-state index contributed by atoms with van der Waals surface area (Å²) in [5, 5.41) is 2.87. The lowest BCUT2D eigenvalue weighted by Crippen LogP contribution is -2.32. The van der Waals surface area contributed by atoms with E-state index in [4.69, 9.17) is 0 Å². The second-order valence-electron chi connectivity index (χ2n) is 5.72. The monoisotopic (exact) mass is 340 g/mol. The van der Waals surface area contributed by atoms with Gasteiger partial charge >= 0.3 is 0 Å². The van der Waals surface area contributed by atoms with E-state index in [2.05, 4.69) is 10.3 Å². The average Bonchev–Trinajstić information content (AvgIpc) is 3.01. The maximum atomic E-state index is 13.2. The van der Waals surface area contributed by atoms with Crippen molar-refractivity contribution in [3.05, 3.63) is 88.1 Å². The van der Waals surface area contributed by atoms with E-state index >= 15 is 0 Å². The minimum absolute atomic E-state index is 0.254. The van der Waals surface area contributed by atoms with E-state index in [-0.39, 0.29) is 16.9 Å². The number of aryl methyl sites for hydroxylation is 2. The molecule has 7 heteroatoms. The fourth-order valence-electron chi connectivity index (χ4n) is 2.51. The van der Waals surface area contributed by atoms with Gasteiger partial charge in [-0.2, -0.15) is 0 Å². The smallest absolute Gasteiger partial charge is 0.252 e. The Hall–Kier alpha value is -3.22. The molecule has 1 amide bonds. The van der Waals surface area contributed by atoms with Crippen LogP contribution in [0.3, 0.4) is 0 Å². The predicted octanol–water partition coefficient (Wildman–Crippen LogP) is 1.78. The third kappa shape index (κ3) is 3.50. The zero-order valence-electron chi connectivity index (χ0n) is 13.8. The molecule has 0 aliphatic carbocycles. The third-order valence-electron chi connectivity index (χ3n) is 3.96. The van der Waals surface area contributed by atoms with Gasteiger partial charge in [-0.3, -0.25) is 9.59 Å². The molecule has 0 aliphatic rings. The van der Waals surface area contributed by atoms with Crippen LogP contribution in [0.2, 0.25) is 0 Å². The summed E-state index contributed by atoms with van der Waals surface area (Å²) in [5.41, 5.74) is 0.667. The molecule has 0 spiro atoms. The molecule has 128 valence electrons. The second kappa shape index (κ2) is 6.72. The van der Waals surface area contributed by atoms with Gasteiger partial charge in [-0.05, 0) is 23.8 Å². The molecule has 1 unspecified atom stereocenters. The number of amides is 1. The summed E-state index contributed by atoms with van der Waals surface area (Å²) in [6, 6.07) is 8.12. The molecule has 1 aromatic carbocycles. The Bertz CT molecular complexity index is 960. The first-order chi connectivity index (χ1) is 12.0. The molecule has 0 saturated carbocycles. The number of rotatable bonds is 4. The molecule has 25 heavy (non-hydrogen) atoms. The summed E-state index contributed by atoms with van der Waals surface area (Å²) in [7, 11) is 3.42. The summed E-state index contributed by atoms with van der Waals surface area (Å²) < 4.78 is 16.4. The molecule has 0 radical (unpaired) electrons. The molecule has 0 fully saturated rings. The van der Waals surface area contributed by atoms with Crippen LogP contribution in [0.1, 0.15) is 27.8 Å². The van der Waals surface area contributed by atoms with Crippen LogP contribution < -0.4 is 10.9 Å². The van der Waals surface area contributed by atoms with Gasteiger partial charge in [0.2, 0.25) is 0 Å². The average molecular weight is 340 g/mol. The van der Waals surface area contributed by atoms with Crippen molar-refractivity contribution in [2.24, 2.45) is 14.1 Å². The van der Waals surface area contributed by atoms with E-state index in [1.54, 1.807) is 42.2 Å². The summed E-state index contributed by atoms with van der Waals surface area (Å²) in [6.07, 6.45) is 4.91. The van der Waals surface area contributed by atoms with Crippen molar-refractivity contribution in [2.75, 3.05) is 0 Å². The van der Waals surface area contributed by atoms with Crippen LogP contribution in [0.4, 0.5) is 4.39 Å². The maximum absolute atomic E-state index is 13.2. The van der Waals surface area contributed by atoms with Crippen molar-refractivity contribution in [2.45, 2.75) is 6.04 Å². The topological polar surface area (TPSA) is 68.9 Å². The van der Waals surface area contributed by atoms with Gasteiger partial charge in [0.1, 0.15) is 17.7 Å². The molecule has 2 heterocycles. The van der Waals surface area contributed by atoms with Gasteiger partial charge < -0.3 is 14.5 Å². The number of halogens is 1. The van der Waals surface area contributed by atoms with E-state index in [0.29, 0.717) is 11.4 Å². The van der Waals surface area contributed by atoms with Crippen molar-refractivity contribution >= 4 is 5.91 Å². The number of pyridine rings is 1. The zero-order chi connectivity index (χ0) is 18.0. The van der Waals surface area contributed by atoms with E-state index in [1.807, 2.05) is 7.05 Å². The lowest BCUT2D eigenvalue weighted by molar-refractivity contribution is 0.0941. The fourth-order valence-corrected chi connectivity index (χ4v) is 2.51. The van der Waals surface area contributed by atoms with Gasteiger partial charge in [0, 0.05) is 44.3 Å². The molecule has 3 aromatic rings. The highest BCUT2D eigenvalue weighted by Crippen LogP contribution is 2.21. The van der Waals surface area contributed by atoms with Crippen LogP contribution in [0.5, 0.6) is 0 Å². The SMILES string of the molecule is Cn1ccnc1C(NC(=O)c1ccn(C)c(=O)c1)c1ccc(F)cc1. The second-order valence-corrected chi connectivity index (χ2v) is 5.72. The Labute approximate surface area is 143 Å². The third-order valence-corrected chi connectivity index (χ3v) is 3.96. The van der Waals surface area contributed by atoms with Gasteiger partial charge in [0.25, 0.3) is 11.5 Å². The van der Waals surface area contributed by atoms with Crippen molar-refractivity contribution in [1.29, 1.82) is 0 Å². The molecule has 2 aromatic heterocycles. The van der Waals surface area contributed by atoms with Crippen LogP contribution >= 0.6 is 0 Å². The van der Waals surface area contributed by atoms with Crippen LogP contribution in [-0.2, 0) is 14.1 Å². The first-order valence-corrected chi connectivity index (χ1v) is 7.66. The zero-order valence-corrected chi connectivity index (χ0v) is 13.8. The van der Waals surface area contributed by atoms with E-state index in [1.165, 1.54) is 29.0 Å². The number of carbonyl (C=O) groups excluding carboxylic acids is 1. The van der Waals surface area contributed by atoms with E-state index in [9.17, 15) is 14.0 Å². The van der Waals surface area contributed by atoms with Gasteiger partial charge in [0.15, 0.2) is 0 Å². The summed E-state index contributed by atoms with van der Waals surface area (Å²) in [5.74, 6) is -0.168. The molecule has 0 aliphatic heterocycles. The van der Waals surface area contributed by atoms with Gasteiger partial charge in [-0.25, -0.2) is 9.37 Å². The van der Waals surface area contributed by atoms with Crippen LogP contribution in [0, 0.1) is 5.82 Å². The number of carbonyl (C=O) groups is 1. The van der Waals surface area contributed by atoms with E-state index in [0.717, 1.165) is 0 Å². The first-order valence-electron chi connectivity index (χ1n) is 7.66. The summed E-state index contributed by atoms with van der Waals surface area (Å²) in [6.45, 7) is 0. The molecule has 0 saturated heterocycles. The Morgan fingerprint density at radius 1 is 1.12 bits per heavy atom. The Balaban J connectivity index is 1.96. The lowest BCUT2D eigenvalue weighted by atomic mass is 10.1. The van der Waals surface area contributed by atoms with Crippen molar-refractivity contribution in [3.63, 3.8) is 0 Å². The lowest BCUT2D eigenvalue weighted by Gasteiger charge is -2.19. The molecular weight excluding hydrogens is 323 g/mol. The van der Waals surface area contributed by atoms with Gasteiger partial charge in [-0.1, -0.05) is 12.1 Å². The van der Waals surface area contributed by atoms with Crippen molar-refractivity contribution in [3.8, 4) is 0 Å². The predicted molar refractivity (Wildman–Crippen MR) is 90.6 cm³/mol. The van der Waals surface area contributed by atoms with E-state index < -0.39 is 11.9 Å². The highest BCUT2D eigenvalue weighted by Gasteiger charge is 2.21. The van der Waals surface area contributed by atoms with Crippen LogP contribution in [0.15, 0.2) is 59.8 Å². The van der Waals surface area contributed by atoms with Crippen LogP contribution in [0.25, 0.3) is 0 Å². The number of hydrogen-bond donors (Lipinski definition) is 1. The molecular formula is C18H17FN4O2. The van der Waals surface area contributed by atoms with Gasteiger partial charge in [0.05, 0.1) is 0 Å². The molecule has 0 bridgehead atoms.